The van der Waals surface area contributed by atoms with Crippen LogP contribution >= 0.6 is 11.3 Å². The lowest BCUT2D eigenvalue weighted by atomic mass is 9.54. The van der Waals surface area contributed by atoms with Crippen molar-refractivity contribution in [2.45, 2.75) is 44.9 Å². The molecular formula is C26H26OS. The van der Waals surface area contributed by atoms with Crippen molar-refractivity contribution >= 4 is 27.0 Å². The zero-order chi connectivity index (χ0) is 18.9. The van der Waals surface area contributed by atoms with Crippen LogP contribution < -0.4 is 0 Å². The molecule has 1 fully saturated rings. The van der Waals surface area contributed by atoms with Gasteiger partial charge in [-0.1, -0.05) is 37.3 Å². The van der Waals surface area contributed by atoms with Crippen molar-refractivity contribution in [3.05, 3.63) is 70.6 Å². The Hall–Kier alpha value is -2.06. The Morgan fingerprint density at radius 1 is 1.07 bits per heavy atom. The molecule has 6 rings (SSSR count). The summed E-state index contributed by atoms with van der Waals surface area (Å²) in [7, 11) is 0. The molecule has 1 nitrogen and oxygen atoms in total. The predicted octanol–water partition coefficient (Wildman–Crippen LogP) is 7.16. The van der Waals surface area contributed by atoms with Crippen LogP contribution in [0.4, 0.5) is 0 Å². The highest BCUT2D eigenvalue weighted by molar-refractivity contribution is 7.20. The molecule has 0 bridgehead atoms. The molecule has 142 valence electrons. The summed E-state index contributed by atoms with van der Waals surface area (Å²) in [6.07, 6.45) is 8.75. The van der Waals surface area contributed by atoms with Gasteiger partial charge in [-0.2, -0.15) is 0 Å². The van der Waals surface area contributed by atoms with E-state index in [4.69, 9.17) is 0 Å². The van der Waals surface area contributed by atoms with E-state index in [-0.39, 0.29) is 0 Å². The number of thiophene rings is 1. The topological polar surface area (TPSA) is 20.2 Å². The lowest BCUT2D eigenvalue weighted by Crippen LogP contribution is -2.40. The van der Waals surface area contributed by atoms with Crippen molar-refractivity contribution in [2.24, 2.45) is 17.3 Å². The summed E-state index contributed by atoms with van der Waals surface area (Å²) in [5.41, 5.74) is 4.84. The van der Waals surface area contributed by atoms with Crippen LogP contribution in [-0.4, -0.2) is 5.11 Å². The fourth-order valence-electron chi connectivity index (χ4n) is 6.63. The number of benzene rings is 2. The zero-order valence-electron chi connectivity index (χ0n) is 16.3. The van der Waals surface area contributed by atoms with E-state index in [2.05, 4.69) is 49.4 Å². The minimum atomic E-state index is 0.316. The van der Waals surface area contributed by atoms with Gasteiger partial charge in [0.25, 0.3) is 0 Å². The highest BCUT2D eigenvalue weighted by Gasteiger charge is 2.52. The molecule has 4 atom stereocenters. The minimum absolute atomic E-state index is 0.316. The molecule has 2 heteroatoms. The molecule has 0 radical (unpaired) electrons. The SMILES string of the molecule is C[C@]12CC[C@@H]3c4ccc(O)cc4CC[C@H]3[C@@H]1CC=C2c1cc2ccccc2s1. The number of phenols is 1. The van der Waals surface area contributed by atoms with E-state index < -0.39 is 0 Å². The van der Waals surface area contributed by atoms with Crippen LogP contribution in [0.15, 0.2) is 54.6 Å². The van der Waals surface area contributed by atoms with Gasteiger partial charge in [0.1, 0.15) is 5.75 Å². The standard InChI is InChI=1S/C26H26OS/c1-26-13-12-20-19-9-7-18(27)14-16(19)6-8-21(20)22(26)10-11-23(26)25-15-17-4-2-3-5-24(17)28-25/h2-5,7,9,11,14-15,20-22,27H,6,8,10,12-13H2,1H3/t20-,21-,22+,26+/m1/s1. The van der Waals surface area contributed by atoms with Crippen molar-refractivity contribution in [3.8, 4) is 5.75 Å². The monoisotopic (exact) mass is 386 g/mol. The van der Waals surface area contributed by atoms with Crippen molar-refractivity contribution in [1.29, 1.82) is 0 Å². The first-order valence-corrected chi connectivity index (χ1v) is 11.5. The molecule has 28 heavy (non-hydrogen) atoms. The van der Waals surface area contributed by atoms with E-state index in [1.54, 1.807) is 5.57 Å². The van der Waals surface area contributed by atoms with E-state index in [0.29, 0.717) is 17.1 Å². The first kappa shape index (κ1) is 16.9. The van der Waals surface area contributed by atoms with Gasteiger partial charge in [0.15, 0.2) is 0 Å². The van der Waals surface area contributed by atoms with E-state index in [1.807, 2.05) is 23.5 Å². The molecular weight excluding hydrogens is 360 g/mol. The number of rotatable bonds is 1. The third-order valence-electron chi connectivity index (χ3n) is 7.98. The average Bonchev–Trinajstić information content (AvgIpc) is 3.27. The Bertz CT molecular complexity index is 1070. The molecule has 0 amide bonds. The zero-order valence-corrected chi connectivity index (χ0v) is 17.1. The lowest BCUT2D eigenvalue weighted by molar-refractivity contribution is 0.0887. The van der Waals surface area contributed by atoms with Crippen LogP contribution in [0.2, 0.25) is 0 Å². The number of allylic oxidation sites excluding steroid dienone is 2. The molecule has 0 spiro atoms. The first-order valence-electron chi connectivity index (χ1n) is 10.6. The third-order valence-corrected chi connectivity index (χ3v) is 9.13. The summed E-state index contributed by atoms with van der Waals surface area (Å²) < 4.78 is 1.41. The van der Waals surface area contributed by atoms with Crippen molar-refractivity contribution < 1.29 is 5.11 Å². The van der Waals surface area contributed by atoms with Gasteiger partial charge in [-0.15, -0.1) is 11.3 Å². The molecule has 3 aromatic rings. The van der Waals surface area contributed by atoms with Crippen LogP contribution in [0.1, 0.15) is 54.5 Å². The molecule has 1 saturated carbocycles. The van der Waals surface area contributed by atoms with Gasteiger partial charge in [-0.25, -0.2) is 0 Å². The predicted molar refractivity (Wildman–Crippen MR) is 118 cm³/mol. The van der Waals surface area contributed by atoms with Gasteiger partial charge in [0.2, 0.25) is 0 Å². The molecule has 3 aliphatic rings. The quantitative estimate of drug-likeness (QED) is 0.470. The smallest absolute Gasteiger partial charge is 0.115 e. The van der Waals surface area contributed by atoms with E-state index in [9.17, 15) is 5.11 Å². The number of aromatic hydroxyl groups is 1. The second-order valence-corrected chi connectivity index (χ2v) is 10.3. The minimum Gasteiger partial charge on any atom is -0.508 e. The Labute approximate surface area is 170 Å². The van der Waals surface area contributed by atoms with E-state index in [1.165, 1.54) is 51.8 Å². The van der Waals surface area contributed by atoms with Crippen LogP contribution in [0.3, 0.4) is 0 Å². The Kier molecular flexibility index (Phi) is 3.59. The fraction of sp³-hybridized carbons (Fsp3) is 0.385. The number of fused-ring (bicyclic) bond motifs is 6. The first-order chi connectivity index (χ1) is 13.6. The lowest BCUT2D eigenvalue weighted by Gasteiger charge is -2.50. The summed E-state index contributed by atoms with van der Waals surface area (Å²) in [5.74, 6) is 2.64. The van der Waals surface area contributed by atoms with Gasteiger partial charge in [-0.05, 0) is 102 Å². The largest absolute Gasteiger partial charge is 0.508 e. The Morgan fingerprint density at radius 2 is 1.96 bits per heavy atom. The number of aryl methyl sites for hydroxylation is 1. The van der Waals surface area contributed by atoms with E-state index >= 15 is 0 Å². The summed E-state index contributed by atoms with van der Waals surface area (Å²) in [6, 6.07) is 17.3. The second-order valence-electron chi connectivity index (χ2n) is 9.26. The van der Waals surface area contributed by atoms with E-state index in [0.717, 1.165) is 18.3 Å². The number of phenolic OH excluding ortho intramolecular Hbond substituents is 1. The molecule has 1 aromatic heterocycles. The van der Waals surface area contributed by atoms with Crippen LogP contribution in [0.25, 0.3) is 15.7 Å². The van der Waals surface area contributed by atoms with Crippen LogP contribution in [0.5, 0.6) is 5.75 Å². The fourth-order valence-corrected chi connectivity index (χ4v) is 7.87. The molecule has 0 saturated heterocycles. The molecule has 1 N–H and O–H groups in total. The summed E-state index contributed by atoms with van der Waals surface area (Å²) in [6.45, 7) is 2.55. The van der Waals surface area contributed by atoms with Gasteiger partial charge in [0, 0.05) is 9.58 Å². The maximum atomic E-state index is 9.89. The molecule has 1 heterocycles. The molecule has 2 aromatic carbocycles. The van der Waals surface area contributed by atoms with Crippen molar-refractivity contribution in [3.63, 3.8) is 0 Å². The normalized spacial score (nSPS) is 31.2. The number of hydrogen-bond acceptors (Lipinski definition) is 2. The van der Waals surface area contributed by atoms with Crippen molar-refractivity contribution in [2.75, 3.05) is 0 Å². The average molecular weight is 387 g/mol. The van der Waals surface area contributed by atoms with Gasteiger partial charge in [0.05, 0.1) is 0 Å². The van der Waals surface area contributed by atoms with Crippen molar-refractivity contribution in [1.82, 2.24) is 0 Å². The van der Waals surface area contributed by atoms with Gasteiger partial charge >= 0.3 is 0 Å². The highest BCUT2D eigenvalue weighted by Crippen LogP contribution is 2.63. The third kappa shape index (κ3) is 2.30. The summed E-state index contributed by atoms with van der Waals surface area (Å²) in [4.78, 5) is 1.49. The van der Waals surface area contributed by atoms with Crippen LogP contribution in [0, 0.1) is 17.3 Å². The van der Waals surface area contributed by atoms with Gasteiger partial charge < -0.3 is 5.11 Å². The molecule has 0 unspecified atom stereocenters. The highest BCUT2D eigenvalue weighted by atomic mass is 32.1. The summed E-state index contributed by atoms with van der Waals surface area (Å²) in [5, 5.41) is 11.3. The summed E-state index contributed by atoms with van der Waals surface area (Å²) >= 11 is 1.97. The second kappa shape index (κ2) is 5.97. The Morgan fingerprint density at radius 3 is 2.86 bits per heavy atom. The maximum absolute atomic E-state index is 9.89. The molecule has 3 aliphatic carbocycles. The van der Waals surface area contributed by atoms with Crippen LogP contribution in [-0.2, 0) is 6.42 Å². The Balaban J connectivity index is 1.36. The maximum Gasteiger partial charge on any atom is 0.115 e. The van der Waals surface area contributed by atoms with Gasteiger partial charge in [-0.3, -0.25) is 0 Å². The molecule has 0 aliphatic heterocycles. The number of hydrogen-bond donors (Lipinski definition) is 1.